The van der Waals surface area contributed by atoms with Gasteiger partial charge in [-0.15, -0.1) is 0 Å². The number of ether oxygens (including phenoxy) is 2. The van der Waals surface area contributed by atoms with Crippen molar-refractivity contribution in [1.82, 2.24) is 15.5 Å². The van der Waals surface area contributed by atoms with Crippen molar-refractivity contribution in [2.45, 2.75) is 19.8 Å². The number of hydrogen-bond donors (Lipinski definition) is 2. The van der Waals surface area contributed by atoms with Crippen molar-refractivity contribution in [1.29, 1.82) is 0 Å². The molecule has 0 spiro atoms. The fraction of sp³-hybridized carbons (Fsp3) is 0.632. The van der Waals surface area contributed by atoms with E-state index in [-0.39, 0.29) is 0 Å². The van der Waals surface area contributed by atoms with Gasteiger partial charge >= 0.3 is 0 Å². The monoisotopic (exact) mass is 348 g/mol. The number of aliphatic imine (C=N–C) groups is 1. The van der Waals surface area contributed by atoms with Crippen LogP contribution in [0.5, 0.6) is 11.5 Å². The van der Waals surface area contributed by atoms with E-state index in [2.05, 4.69) is 27.4 Å². The Balaban J connectivity index is 1.62. The Hall–Kier alpha value is -1.95. The molecule has 1 aromatic carbocycles. The Morgan fingerprint density at radius 3 is 2.68 bits per heavy atom. The first-order valence-corrected chi connectivity index (χ1v) is 9.19. The highest BCUT2D eigenvalue weighted by atomic mass is 16.5. The molecule has 1 atom stereocenters. The predicted octanol–water partition coefficient (Wildman–Crippen LogP) is 1.97. The third-order valence-electron chi connectivity index (χ3n) is 4.55. The van der Waals surface area contributed by atoms with E-state index in [9.17, 15) is 0 Å². The largest absolute Gasteiger partial charge is 0.497 e. The van der Waals surface area contributed by atoms with E-state index < -0.39 is 0 Å². The quantitative estimate of drug-likeness (QED) is 0.427. The summed E-state index contributed by atoms with van der Waals surface area (Å²) >= 11 is 0. The molecule has 1 aliphatic rings. The normalized spacial score (nSPS) is 18.7. The number of likely N-dealkylation sites (tertiary alicyclic amines) is 1. The Morgan fingerprint density at radius 2 is 2.00 bits per heavy atom. The number of hydrogen-bond acceptors (Lipinski definition) is 4. The van der Waals surface area contributed by atoms with Crippen LogP contribution in [0.2, 0.25) is 0 Å². The lowest BCUT2D eigenvalue weighted by Crippen LogP contribution is -2.45. The lowest BCUT2D eigenvalue weighted by atomic mass is 9.98. The van der Waals surface area contributed by atoms with Gasteiger partial charge in [-0.25, -0.2) is 0 Å². The lowest BCUT2D eigenvalue weighted by molar-refractivity contribution is 0.183. The fourth-order valence-corrected chi connectivity index (χ4v) is 3.08. The van der Waals surface area contributed by atoms with Gasteiger partial charge < -0.3 is 25.0 Å². The van der Waals surface area contributed by atoms with Crippen molar-refractivity contribution in [3.05, 3.63) is 24.3 Å². The van der Waals surface area contributed by atoms with Crippen molar-refractivity contribution >= 4 is 5.96 Å². The molecule has 2 N–H and O–H groups in total. The summed E-state index contributed by atoms with van der Waals surface area (Å²) in [5, 5.41) is 6.74. The molecule has 0 radical (unpaired) electrons. The standard InChI is InChI=1S/C19H32N4O2/c1-4-23-12-5-6-16(15-23)14-22-19(20-2)21-11-13-25-18-9-7-17(24-3)8-10-18/h7-10,16H,4-6,11-15H2,1-3H3,(H2,20,21,22). The summed E-state index contributed by atoms with van der Waals surface area (Å²) in [5.74, 6) is 3.21. The van der Waals surface area contributed by atoms with E-state index in [1.54, 1.807) is 14.2 Å². The number of guanidine groups is 1. The molecule has 6 nitrogen and oxygen atoms in total. The second-order valence-corrected chi connectivity index (χ2v) is 6.31. The smallest absolute Gasteiger partial charge is 0.191 e. The average Bonchev–Trinajstić information content (AvgIpc) is 2.68. The van der Waals surface area contributed by atoms with Gasteiger partial charge in [-0.1, -0.05) is 6.92 Å². The van der Waals surface area contributed by atoms with Crippen LogP contribution in [0.3, 0.4) is 0 Å². The first kappa shape index (κ1) is 19.4. The predicted molar refractivity (Wildman–Crippen MR) is 103 cm³/mol. The molecule has 6 heteroatoms. The molecule has 1 aliphatic heterocycles. The maximum atomic E-state index is 5.72. The highest BCUT2D eigenvalue weighted by molar-refractivity contribution is 5.79. The van der Waals surface area contributed by atoms with Crippen LogP contribution < -0.4 is 20.1 Å². The SMILES string of the molecule is CCN1CCCC(CNC(=NC)NCCOc2ccc(OC)cc2)C1. The first-order valence-electron chi connectivity index (χ1n) is 9.19. The van der Waals surface area contributed by atoms with Gasteiger partial charge in [0.25, 0.3) is 0 Å². The summed E-state index contributed by atoms with van der Waals surface area (Å²) in [6, 6.07) is 7.61. The van der Waals surface area contributed by atoms with Crippen LogP contribution in [-0.2, 0) is 0 Å². The molecule has 1 unspecified atom stereocenters. The van der Waals surface area contributed by atoms with Crippen LogP contribution in [0.1, 0.15) is 19.8 Å². The van der Waals surface area contributed by atoms with E-state index in [1.165, 1.54) is 25.9 Å². The van der Waals surface area contributed by atoms with Gasteiger partial charge in [0.1, 0.15) is 18.1 Å². The van der Waals surface area contributed by atoms with Gasteiger partial charge in [-0.2, -0.15) is 0 Å². The van der Waals surface area contributed by atoms with Gasteiger partial charge in [-0.05, 0) is 56.1 Å². The van der Waals surface area contributed by atoms with Crippen molar-refractivity contribution in [2.24, 2.45) is 10.9 Å². The minimum absolute atomic E-state index is 0.583. The van der Waals surface area contributed by atoms with Crippen LogP contribution in [0.4, 0.5) is 0 Å². The second kappa shape index (κ2) is 10.8. The molecule has 140 valence electrons. The second-order valence-electron chi connectivity index (χ2n) is 6.31. The molecule has 1 fully saturated rings. The number of nitrogens with one attached hydrogen (secondary N) is 2. The molecular formula is C19H32N4O2. The molecule has 0 bridgehead atoms. The zero-order chi connectivity index (χ0) is 17.9. The topological polar surface area (TPSA) is 58.1 Å². The van der Waals surface area contributed by atoms with Crippen LogP contribution in [-0.4, -0.2) is 64.3 Å². The van der Waals surface area contributed by atoms with Gasteiger partial charge in [0.2, 0.25) is 0 Å². The number of nitrogens with zero attached hydrogens (tertiary/aromatic N) is 2. The molecular weight excluding hydrogens is 316 g/mol. The molecule has 0 amide bonds. The van der Waals surface area contributed by atoms with Gasteiger partial charge in [-0.3, -0.25) is 4.99 Å². The summed E-state index contributed by atoms with van der Waals surface area (Å²) in [7, 11) is 3.46. The number of rotatable bonds is 8. The maximum absolute atomic E-state index is 5.72. The van der Waals surface area contributed by atoms with Gasteiger partial charge in [0.05, 0.1) is 13.7 Å². The molecule has 0 aliphatic carbocycles. The summed E-state index contributed by atoms with van der Waals surface area (Å²) < 4.78 is 10.9. The van der Waals surface area contributed by atoms with E-state index in [0.717, 1.165) is 30.5 Å². The van der Waals surface area contributed by atoms with Crippen molar-refractivity contribution in [3.8, 4) is 11.5 Å². The Kier molecular flexibility index (Phi) is 8.39. The fourth-order valence-electron chi connectivity index (χ4n) is 3.08. The summed E-state index contributed by atoms with van der Waals surface area (Å²) in [5.41, 5.74) is 0. The Morgan fingerprint density at radius 1 is 1.24 bits per heavy atom. The maximum Gasteiger partial charge on any atom is 0.191 e. The molecule has 1 aromatic rings. The average molecular weight is 348 g/mol. The minimum Gasteiger partial charge on any atom is -0.497 e. The number of benzene rings is 1. The zero-order valence-electron chi connectivity index (χ0n) is 15.8. The third-order valence-corrected chi connectivity index (χ3v) is 4.55. The van der Waals surface area contributed by atoms with Gasteiger partial charge in [0.15, 0.2) is 5.96 Å². The van der Waals surface area contributed by atoms with Gasteiger partial charge in [0, 0.05) is 20.1 Å². The Labute approximate surface area is 151 Å². The molecule has 0 saturated carbocycles. The summed E-state index contributed by atoms with van der Waals surface area (Å²) in [6.07, 6.45) is 2.59. The highest BCUT2D eigenvalue weighted by Gasteiger charge is 2.18. The van der Waals surface area contributed by atoms with Crippen molar-refractivity contribution < 1.29 is 9.47 Å². The van der Waals surface area contributed by atoms with E-state index >= 15 is 0 Å². The molecule has 2 rings (SSSR count). The number of piperidine rings is 1. The minimum atomic E-state index is 0.583. The Bertz CT molecular complexity index is 519. The van der Waals surface area contributed by atoms with Crippen LogP contribution >= 0.6 is 0 Å². The molecule has 0 aromatic heterocycles. The first-order chi connectivity index (χ1) is 12.2. The zero-order valence-corrected chi connectivity index (χ0v) is 15.8. The molecule has 25 heavy (non-hydrogen) atoms. The summed E-state index contributed by atoms with van der Waals surface area (Å²) in [6.45, 7) is 8.06. The van der Waals surface area contributed by atoms with E-state index in [1.807, 2.05) is 24.3 Å². The third kappa shape index (κ3) is 6.82. The van der Waals surface area contributed by atoms with Crippen LogP contribution in [0.15, 0.2) is 29.3 Å². The molecule has 1 saturated heterocycles. The van der Waals surface area contributed by atoms with Crippen molar-refractivity contribution in [3.63, 3.8) is 0 Å². The summed E-state index contributed by atoms with van der Waals surface area (Å²) in [4.78, 5) is 6.81. The number of methoxy groups -OCH3 is 1. The lowest BCUT2D eigenvalue weighted by Gasteiger charge is -2.32. The van der Waals surface area contributed by atoms with Crippen molar-refractivity contribution in [2.75, 3.05) is 53.5 Å². The van der Waals surface area contributed by atoms with E-state index in [4.69, 9.17) is 9.47 Å². The van der Waals surface area contributed by atoms with Crippen LogP contribution in [0, 0.1) is 5.92 Å². The van der Waals surface area contributed by atoms with Crippen LogP contribution in [0.25, 0.3) is 0 Å². The van der Waals surface area contributed by atoms with E-state index in [0.29, 0.717) is 19.1 Å². The highest BCUT2D eigenvalue weighted by Crippen LogP contribution is 2.17. The molecule has 1 heterocycles.